The number of methoxy groups -OCH3 is 1. The van der Waals surface area contributed by atoms with E-state index in [1.165, 1.54) is 0 Å². The van der Waals surface area contributed by atoms with E-state index in [0.717, 1.165) is 5.56 Å². The first kappa shape index (κ1) is 15.4. The van der Waals surface area contributed by atoms with Crippen LogP contribution >= 0.6 is 0 Å². The summed E-state index contributed by atoms with van der Waals surface area (Å²) in [6.45, 7) is 0.114. The van der Waals surface area contributed by atoms with Gasteiger partial charge in [0.25, 0.3) is 5.91 Å². The molecule has 0 spiro atoms. The van der Waals surface area contributed by atoms with E-state index in [-0.39, 0.29) is 12.6 Å². The number of amides is 1. The van der Waals surface area contributed by atoms with Gasteiger partial charge < -0.3 is 15.0 Å². The second kappa shape index (κ2) is 7.04. The van der Waals surface area contributed by atoms with Gasteiger partial charge in [-0.1, -0.05) is 12.1 Å². The van der Waals surface area contributed by atoms with Crippen LogP contribution in [0, 0.1) is 0 Å². The number of ether oxygens (including phenoxy) is 1. The molecule has 6 heteroatoms. The predicted octanol–water partition coefficient (Wildman–Crippen LogP) is 1.68. The molecule has 0 radical (unpaired) electrons. The van der Waals surface area contributed by atoms with Gasteiger partial charge in [0.2, 0.25) is 0 Å². The molecule has 0 fully saturated rings. The maximum Gasteiger partial charge on any atom is 0.315 e. The molecule has 0 saturated heterocycles. The lowest BCUT2D eigenvalue weighted by atomic mass is 10.1. The zero-order valence-corrected chi connectivity index (χ0v) is 11.2. The maximum absolute atomic E-state index is 12.2. The third-order valence-electron chi connectivity index (χ3n) is 2.77. The van der Waals surface area contributed by atoms with Gasteiger partial charge in [-0.15, -0.1) is 0 Å². The molecular formula is C13H18F2N2O2. The third kappa shape index (κ3) is 4.48. The van der Waals surface area contributed by atoms with Crippen molar-refractivity contribution in [2.75, 3.05) is 27.7 Å². The number of alkyl halides is 2. The summed E-state index contributed by atoms with van der Waals surface area (Å²) in [6, 6.07) is 7.10. The van der Waals surface area contributed by atoms with Gasteiger partial charge in [0.05, 0.1) is 13.2 Å². The number of likely N-dealkylation sites (N-methyl/N-ethyl adjacent to an activating group) is 1. The van der Waals surface area contributed by atoms with Crippen molar-refractivity contribution in [2.24, 2.45) is 0 Å². The Bertz CT molecular complexity index is 425. The van der Waals surface area contributed by atoms with Gasteiger partial charge in [-0.3, -0.25) is 4.79 Å². The van der Waals surface area contributed by atoms with E-state index in [1.54, 1.807) is 13.2 Å². The molecular weight excluding hydrogens is 254 g/mol. The monoisotopic (exact) mass is 272 g/mol. The largest absolute Gasteiger partial charge is 0.497 e. The van der Waals surface area contributed by atoms with E-state index in [0.29, 0.717) is 5.75 Å². The summed E-state index contributed by atoms with van der Waals surface area (Å²) in [4.78, 5) is 12.8. The van der Waals surface area contributed by atoms with E-state index in [2.05, 4.69) is 5.32 Å². The fourth-order valence-corrected chi connectivity index (χ4v) is 1.72. The van der Waals surface area contributed by atoms with Gasteiger partial charge in [-0.25, -0.2) is 0 Å². The number of hydrogen-bond donors (Lipinski definition) is 1. The van der Waals surface area contributed by atoms with E-state index < -0.39 is 12.3 Å². The number of halogens is 2. The molecule has 0 saturated carbocycles. The first-order valence-corrected chi connectivity index (χ1v) is 5.82. The van der Waals surface area contributed by atoms with E-state index in [1.807, 2.05) is 37.2 Å². The van der Waals surface area contributed by atoms with Crippen LogP contribution in [0.25, 0.3) is 0 Å². The van der Waals surface area contributed by atoms with Gasteiger partial charge in [0.15, 0.2) is 0 Å². The Hall–Kier alpha value is -1.69. The lowest BCUT2D eigenvalue weighted by Gasteiger charge is -2.25. The highest BCUT2D eigenvalue weighted by atomic mass is 19.3. The number of nitrogens with one attached hydrogen (secondary N) is 1. The zero-order chi connectivity index (χ0) is 14.4. The summed E-state index contributed by atoms with van der Waals surface area (Å²) in [5.41, 5.74) is 0.888. The molecule has 1 atom stereocenters. The summed E-state index contributed by atoms with van der Waals surface area (Å²) in [7, 11) is 5.19. The molecule has 1 aromatic rings. The predicted molar refractivity (Wildman–Crippen MR) is 68.4 cm³/mol. The van der Waals surface area contributed by atoms with E-state index in [4.69, 9.17) is 4.74 Å². The zero-order valence-electron chi connectivity index (χ0n) is 11.2. The Morgan fingerprint density at radius 3 is 2.63 bits per heavy atom. The maximum atomic E-state index is 12.2. The normalized spacial score (nSPS) is 12.6. The Labute approximate surface area is 111 Å². The second-order valence-corrected chi connectivity index (χ2v) is 4.30. The summed E-state index contributed by atoms with van der Waals surface area (Å²) in [6.07, 6.45) is -2.99. The fourth-order valence-electron chi connectivity index (χ4n) is 1.72. The molecule has 0 aliphatic heterocycles. The first-order valence-electron chi connectivity index (χ1n) is 5.82. The van der Waals surface area contributed by atoms with Crippen LogP contribution in [0.4, 0.5) is 8.78 Å². The number of hydrogen-bond acceptors (Lipinski definition) is 3. The van der Waals surface area contributed by atoms with Gasteiger partial charge in [0.1, 0.15) is 5.75 Å². The van der Waals surface area contributed by atoms with Crippen LogP contribution in [0.3, 0.4) is 0 Å². The summed E-state index contributed by atoms with van der Waals surface area (Å²) in [5, 5.41) is 2.23. The van der Waals surface area contributed by atoms with Crippen LogP contribution in [-0.2, 0) is 4.79 Å². The first-order chi connectivity index (χ1) is 8.95. The lowest BCUT2D eigenvalue weighted by Crippen LogP contribution is -2.37. The Morgan fingerprint density at radius 1 is 1.42 bits per heavy atom. The molecule has 1 unspecified atom stereocenters. The molecule has 1 aromatic carbocycles. The standard InChI is InChI=1S/C13H18F2N2O2/c1-17(2)11(8-16-13(18)12(14)15)9-5-4-6-10(7-9)19-3/h4-7,11-12H,8H2,1-3H3,(H,16,18). The van der Waals surface area contributed by atoms with Crippen LogP contribution in [-0.4, -0.2) is 45.0 Å². The molecule has 0 bridgehead atoms. The SMILES string of the molecule is COc1cccc(C(CNC(=O)C(F)F)N(C)C)c1. The minimum Gasteiger partial charge on any atom is -0.497 e. The minimum absolute atomic E-state index is 0.114. The van der Waals surface area contributed by atoms with E-state index in [9.17, 15) is 13.6 Å². The Kier molecular flexibility index (Phi) is 5.69. The number of carbonyl (C=O) groups excluding carboxylic acids is 1. The Morgan fingerprint density at radius 2 is 2.11 bits per heavy atom. The molecule has 1 rings (SSSR count). The third-order valence-corrected chi connectivity index (χ3v) is 2.77. The highest BCUT2D eigenvalue weighted by Gasteiger charge is 2.19. The van der Waals surface area contributed by atoms with Gasteiger partial charge >= 0.3 is 6.43 Å². The van der Waals surface area contributed by atoms with Crippen molar-refractivity contribution in [3.8, 4) is 5.75 Å². The van der Waals surface area contributed by atoms with Crippen molar-refractivity contribution in [2.45, 2.75) is 12.5 Å². The molecule has 0 aliphatic carbocycles. The van der Waals surface area contributed by atoms with Gasteiger partial charge in [-0.2, -0.15) is 8.78 Å². The van der Waals surface area contributed by atoms with Crippen molar-refractivity contribution in [1.82, 2.24) is 10.2 Å². The molecule has 0 aliphatic rings. The summed E-state index contributed by atoms with van der Waals surface area (Å²) in [5.74, 6) is -0.570. The quantitative estimate of drug-likeness (QED) is 0.856. The van der Waals surface area contributed by atoms with Crippen LogP contribution in [0.15, 0.2) is 24.3 Å². The molecule has 4 nitrogen and oxygen atoms in total. The van der Waals surface area contributed by atoms with Crippen molar-refractivity contribution in [3.05, 3.63) is 29.8 Å². The van der Waals surface area contributed by atoms with Crippen LogP contribution < -0.4 is 10.1 Å². The number of nitrogens with zero attached hydrogens (tertiary/aromatic N) is 1. The smallest absolute Gasteiger partial charge is 0.315 e. The number of carbonyl (C=O) groups is 1. The molecule has 19 heavy (non-hydrogen) atoms. The summed E-state index contributed by atoms with van der Waals surface area (Å²) >= 11 is 0. The number of rotatable bonds is 6. The van der Waals surface area contributed by atoms with Gasteiger partial charge in [-0.05, 0) is 31.8 Å². The summed E-state index contributed by atoms with van der Waals surface area (Å²) < 4.78 is 29.4. The van der Waals surface area contributed by atoms with Crippen molar-refractivity contribution in [3.63, 3.8) is 0 Å². The number of benzene rings is 1. The Balaban J connectivity index is 2.79. The van der Waals surface area contributed by atoms with Crippen LogP contribution in [0.1, 0.15) is 11.6 Å². The van der Waals surface area contributed by atoms with Crippen LogP contribution in [0.2, 0.25) is 0 Å². The van der Waals surface area contributed by atoms with Crippen LogP contribution in [0.5, 0.6) is 5.75 Å². The average molecular weight is 272 g/mol. The molecule has 1 amide bonds. The molecule has 0 aromatic heterocycles. The van der Waals surface area contributed by atoms with Gasteiger partial charge in [0, 0.05) is 6.54 Å². The van der Waals surface area contributed by atoms with Crippen molar-refractivity contribution < 1.29 is 18.3 Å². The minimum atomic E-state index is -2.99. The van der Waals surface area contributed by atoms with Crippen molar-refractivity contribution in [1.29, 1.82) is 0 Å². The lowest BCUT2D eigenvalue weighted by molar-refractivity contribution is -0.131. The average Bonchev–Trinajstić information content (AvgIpc) is 2.38. The fraction of sp³-hybridized carbons (Fsp3) is 0.462. The highest BCUT2D eigenvalue weighted by molar-refractivity contribution is 5.79. The topological polar surface area (TPSA) is 41.6 Å². The van der Waals surface area contributed by atoms with E-state index >= 15 is 0 Å². The highest BCUT2D eigenvalue weighted by Crippen LogP contribution is 2.22. The second-order valence-electron chi connectivity index (χ2n) is 4.30. The molecule has 1 N–H and O–H groups in total. The molecule has 0 heterocycles. The molecule has 106 valence electrons. The van der Waals surface area contributed by atoms with Crippen molar-refractivity contribution >= 4 is 5.91 Å².